The number of β-amino-alcohol motifs (C(OH)–C–C–N with tert-alkyl or cyclic N) is 1. The number of hydrogen-bond donors (Lipinski definition) is 2. The summed E-state index contributed by atoms with van der Waals surface area (Å²) in [6.07, 6.45) is 0. The van der Waals surface area contributed by atoms with Gasteiger partial charge >= 0.3 is 0 Å². The van der Waals surface area contributed by atoms with E-state index in [0.717, 1.165) is 37.2 Å². The van der Waals surface area contributed by atoms with E-state index in [4.69, 9.17) is 0 Å². The Kier molecular flexibility index (Phi) is 3.26. The molecular formula is C26H14N2O5. The van der Waals surface area contributed by atoms with Gasteiger partial charge in [0.15, 0.2) is 0 Å². The van der Waals surface area contributed by atoms with Gasteiger partial charge in [0.1, 0.15) is 0 Å². The van der Waals surface area contributed by atoms with Crippen molar-refractivity contribution in [3.05, 3.63) is 70.8 Å². The fraction of sp³-hybridized carbons (Fsp3) is 0.0769. The van der Waals surface area contributed by atoms with E-state index < -0.39 is 23.6 Å². The average Bonchev–Trinajstić information content (AvgIpc) is 2.82. The number of imide groups is 2. The molecule has 0 bridgehead atoms. The van der Waals surface area contributed by atoms with Crippen LogP contribution in [0.4, 0.5) is 0 Å². The molecule has 0 radical (unpaired) electrons. The van der Waals surface area contributed by atoms with Crippen molar-refractivity contribution in [1.29, 1.82) is 0 Å². The standard InChI is InChI=1S/C26H14N2O5/c29-10-9-28-25(32)17-7-3-13-11-1-5-15-21-16(24(31)27-23(15)30)6-2-12(19(11)21)14-4-8-18(26(28)33)22(17)20(13)14/h1-8,29H,9-10H2,(H,27,30,31). The number of amides is 4. The van der Waals surface area contributed by atoms with Crippen LogP contribution in [0.15, 0.2) is 48.5 Å². The third-order valence-corrected chi connectivity index (χ3v) is 6.89. The summed E-state index contributed by atoms with van der Waals surface area (Å²) in [6.45, 7) is -0.371. The molecule has 4 amide bonds. The number of nitrogens with zero attached hydrogens (tertiary/aromatic N) is 1. The van der Waals surface area contributed by atoms with E-state index in [2.05, 4.69) is 5.32 Å². The van der Waals surface area contributed by atoms with Crippen LogP contribution in [0.3, 0.4) is 0 Å². The average molecular weight is 434 g/mol. The van der Waals surface area contributed by atoms with Crippen molar-refractivity contribution in [3.8, 4) is 0 Å². The zero-order valence-electron chi connectivity index (χ0n) is 17.1. The molecule has 7 rings (SSSR count). The Hall–Kier alpha value is -4.36. The van der Waals surface area contributed by atoms with Crippen LogP contribution in [0.1, 0.15) is 41.4 Å². The lowest BCUT2D eigenvalue weighted by molar-refractivity contribution is 0.0579. The normalized spacial score (nSPS) is 15.5. The zero-order valence-corrected chi connectivity index (χ0v) is 17.1. The first-order valence-electron chi connectivity index (χ1n) is 10.5. The van der Waals surface area contributed by atoms with Gasteiger partial charge in [-0.05, 0) is 56.6 Å². The summed E-state index contributed by atoms with van der Waals surface area (Å²) >= 11 is 0. The van der Waals surface area contributed by atoms with Crippen LogP contribution in [-0.4, -0.2) is 46.8 Å². The van der Waals surface area contributed by atoms with E-state index in [1.54, 1.807) is 24.3 Å². The molecule has 2 N–H and O–H groups in total. The third-order valence-electron chi connectivity index (χ3n) is 6.89. The highest BCUT2D eigenvalue weighted by atomic mass is 16.3. The minimum absolute atomic E-state index is 0.0636. The quantitative estimate of drug-likeness (QED) is 0.252. The minimum atomic E-state index is -0.427. The lowest BCUT2D eigenvalue weighted by Crippen LogP contribution is -2.41. The first-order valence-corrected chi connectivity index (χ1v) is 10.5. The number of fused-ring (bicyclic) bond motifs is 2. The maximum Gasteiger partial charge on any atom is 0.261 e. The molecule has 2 aliphatic heterocycles. The van der Waals surface area contributed by atoms with Crippen molar-refractivity contribution >= 4 is 66.7 Å². The Morgan fingerprint density at radius 1 is 0.576 bits per heavy atom. The maximum absolute atomic E-state index is 13.1. The SMILES string of the molecule is O=C1NC(=O)c2ccc3c4ccc5c6c(ccc(c7ccc1c2c73)c64)C(=O)N(CCO)C5=O. The molecule has 33 heavy (non-hydrogen) atoms. The zero-order chi connectivity index (χ0) is 22.6. The Labute approximate surface area is 185 Å². The summed E-state index contributed by atoms with van der Waals surface area (Å²) < 4.78 is 0. The van der Waals surface area contributed by atoms with E-state index >= 15 is 0 Å². The van der Waals surface area contributed by atoms with Crippen molar-refractivity contribution in [2.75, 3.05) is 13.2 Å². The van der Waals surface area contributed by atoms with Gasteiger partial charge in [-0.1, -0.05) is 24.3 Å². The fourth-order valence-corrected chi connectivity index (χ4v) is 5.55. The monoisotopic (exact) mass is 434 g/mol. The van der Waals surface area contributed by atoms with E-state index in [-0.39, 0.29) is 13.2 Å². The topological polar surface area (TPSA) is 104 Å². The maximum atomic E-state index is 13.1. The molecule has 0 unspecified atom stereocenters. The fourth-order valence-electron chi connectivity index (χ4n) is 5.55. The van der Waals surface area contributed by atoms with Gasteiger partial charge in [0.2, 0.25) is 0 Å². The summed E-state index contributed by atoms with van der Waals surface area (Å²) in [7, 11) is 0. The smallest absolute Gasteiger partial charge is 0.261 e. The van der Waals surface area contributed by atoms with Crippen LogP contribution in [0, 0.1) is 0 Å². The van der Waals surface area contributed by atoms with Crippen molar-refractivity contribution < 1.29 is 24.3 Å². The predicted octanol–water partition coefficient (Wildman–Crippen LogP) is 3.21. The number of rotatable bonds is 2. The molecule has 2 aliphatic rings. The highest BCUT2D eigenvalue weighted by molar-refractivity contribution is 6.41. The lowest BCUT2D eigenvalue weighted by atomic mass is 9.82. The molecule has 0 fully saturated rings. The summed E-state index contributed by atoms with van der Waals surface area (Å²) in [4.78, 5) is 52.3. The minimum Gasteiger partial charge on any atom is -0.395 e. The second-order valence-corrected chi connectivity index (χ2v) is 8.41. The van der Waals surface area contributed by atoms with Crippen LogP contribution in [0.5, 0.6) is 0 Å². The number of aliphatic hydroxyl groups is 1. The molecule has 7 nitrogen and oxygen atoms in total. The molecule has 158 valence electrons. The van der Waals surface area contributed by atoms with Crippen LogP contribution in [0.25, 0.3) is 43.1 Å². The molecule has 5 aromatic rings. The van der Waals surface area contributed by atoms with Gasteiger partial charge in [-0.25, -0.2) is 0 Å². The molecule has 0 saturated heterocycles. The molecule has 0 saturated carbocycles. The summed E-state index contributed by atoms with van der Waals surface area (Å²) in [5.74, 6) is -1.70. The first-order chi connectivity index (χ1) is 16.0. The summed E-state index contributed by atoms with van der Waals surface area (Å²) in [5, 5.41) is 18.0. The molecule has 0 aromatic heterocycles. The first kappa shape index (κ1) is 18.2. The van der Waals surface area contributed by atoms with Crippen LogP contribution >= 0.6 is 0 Å². The molecule has 5 aromatic carbocycles. The number of carbonyl (C=O) groups is 4. The molecule has 0 atom stereocenters. The largest absolute Gasteiger partial charge is 0.395 e. The van der Waals surface area contributed by atoms with Gasteiger partial charge < -0.3 is 5.11 Å². The number of carbonyl (C=O) groups excluding carboxylic acids is 4. The highest BCUT2D eigenvalue weighted by Gasteiger charge is 2.34. The van der Waals surface area contributed by atoms with Crippen LogP contribution in [-0.2, 0) is 0 Å². The molecular weight excluding hydrogens is 420 g/mol. The van der Waals surface area contributed by atoms with Crippen molar-refractivity contribution in [2.24, 2.45) is 0 Å². The van der Waals surface area contributed by atoms with Gasteiger partial charge in [-0.2, -0.15) is 0 Å². The van der Waals surface area contributed by atoms with E-state index in [1.807, 2.05) is 24.3 Å². The summed E-state index contributed by atoms with van der Waals surface area (Å²) in [5.41, 5.74) is 1.73. The van der Waals surface area contributed by atoms with Gasteiger partial charge in [0.05, 0.1) is 13.2 Å². The summed E-state index contributed by atoms with van der Waals surface area (Å²) in [6, 6.07) is 14.3. The Morgan fingerprint density at radius 2 is 0.970 bits per heavy atom. The van der Waals surface area contributed by atoms with E-state index in [0.29, 0.717) is 33.0 Å². The van der Waals surface area contributed by atoms with Crippen molar-refractivity contribution in [2.45, 2.75) is 0 Å². The molecule has 0 spiro atoms. The lowest BCUT2D eigenvalue weighted by Gasteiger charge is -2.28. The van der Waals surface area contributed by atoms with Crippen LogP contribution in [0.2, 0.25) is 0 Å². The van der Waals surface area contributed by atoms with Crippen molar-refractivity contribution in [3.63, 3.8) is 0 Å². The molecule has 0 aliphatic carbocycles. The Bertz CT molecular complexity index is 1670. The third kappa shape index (κ3) is 2.03. The Balaban J connectivity index is 1.71. The van der Waals surface area contributed by atoms with E-state index in [9.17, 15) is 24.3 Å². The van der Waals surface area contributed by atoms with Gasteiger partial charge in [0.25, 0.3) is 23.6 Å². The predicted molar refractivity (Wildman–Crippen MR) is 122 cm³/mol. The van der Waals surface area contributed by atoms with Crippen LogP contribution < -0.4 is 5.32 Å². The van der Waals surface area contributed by atoms with Crippen molar-refractivity contribution in [1.82, 2.24) is 10.2 Å². The Morgan fingerprint density at radius 3 is 1.39 bits per heavy atom. The number of hydrogen-bond acceptors (Lipinski definition) is 5. The van der Waals surface area contributed by atoms with Gasteiger partial charge in [0, 0.05) is 33.0 Å². The number of nitrogens with one attached hydrogen (secondary N) is 1. The molecule has 7 heteroatoms. The van der Waals surface area contributed by atoms with E-state index in [1.165, 1.54) is 0 Å². The molecule has 2 heterocycles. The van der Waals surface area contributed by atoms with Gasteiger partial charge in [-0.15, -0.1) is 0 Å². The van der Waals surface area contributed by atoms with Gasteiger partial charge in [-0.3, -0.25) is 29.4 Å². The number of benzene rings is 5. The highest BCUT2D eigenvalue weighted by Crippen LogP contribution is 2.45. The number of aliphatic hydroxyl groups excluding tert-OH is 1. The second-order valence-electron chi connectivity index (χ2n) is 8.41. The second kappa shape index (κ2) is 5.90.